The van der Waals surface area contributed by atoms with Gasteiger partial charge in [-0.2, -0.15) is 0 Å². The zero-order valence-corrected chi connectivity index (χ0v) is 16.1. The van der Waals surface area contributed by atoms with Crippen molar-refractivity contribution in [2.45, 2.75) is 13.0 Å². The van der Waals surface area contributed by atoms with Crippen LogP contribution in [0.4, 0.5) is 0 Å². The van der Waals surface area contributed by atoms with Gasteiger partial charge >= 0.3 is 5.97 Å². The van der Waals surface area contributed by atoms with Gasteiger partial charge in [-0.3, -0.25) is 4.79 Å². The molecule has 1 aromatic carbocycles. The number of nitrogens with zero attached hydrogens (tertiary/aromatic N) is 3. The Hall–Kier alpha value is -3.33. The van der Waals surface area contributed by atoms with Crippen molar-refractivity contribution in [2.75, 3.05) is 13.7 Å². The molecule has 2 aromatic heterocycles. The first-order valence-electron chi connectivity index (χ1n) is 8.41. The van der Waals surface area contributed by atoms with Crippen molar-refractivity contribution in [3.05, 3.63) is 59.4 Å². The zero-order valence-electron chi connectivity index (χ0n) is 15.3. The van der Waals surface area contributed by atoms with Crippen molar-refractivity contribution < 1.29 is 19.1 Å². The standard InChI is InChI=1S/C19H18N4O4S/c1-12(13-6-3-4-7-15(13)26-2)22-16(24)10-27-19(25)14-11-28-18(23-14)17-20-8-5-9-21-17/h3-9,11-12H,10H2,1-2H3,(H,22,24). The lowest BCUT2D eigenvalue weighted by atomic mass is 10.1. The number of para-hydroxylation sites is 1. The third-order valence-electron chi connectivity index (χ3n) is 3.79. The van der Waals surface area contributed by atoms with E-state index in [1.165, 1.54) is 11.3 Å². The summed E-state index contributed by atoms with van der Waals surface area (Å²) in [4.78, 5) is 36.6. The predicted molar refractivity (Wildman–Crippen MR) is 103 cm³/mol. The number of esters is 1. The van der Waals surface area contributed by atoms with Crippen molar-refractivity contribution in [3.63, 3.8) is 0 Å². The first-order valence-corrected chi connectivity index (χ1v) is 9.28. The Morgan fingerprint density at radius 2 is 1.93 bits per heavy atom. The zero-order chi connectivity index (χ0) is 19.9. The molecule has 28 heavy (non-hydrogen) atoms. The number of nitrogens with one attached hydrogen (secondary N) is 1. The average Bonchev–Trinajstić information content (AvgIpc) is 3.23. The van der Waals surface area contributed by atoms with Gasteiger partial charge < -0.3 is 14.8 Å². The normalized spacial score (nSPS) is 11.5. The summed E-state index contributed by atoms with van der Waals surface area (Å²) in [6, 6.07) is 8.77. The second-order valence-corrected chi connectivity index (χ2v) is 6.58. The second kappa shape index (κ2) is 9.05. The lowest BCUT2D eigenvalue weighted by Gasteiger charge is -2.17. The fourth-order valence-corrected chi connectivity index (χ4v) is 3.20. The molecule has 0 saturated heterocycles. The molecule has 0 spiro atoms. The molecule has 9 heteroatoms. The number of hydrogen-bond donors (Lipinski definition) is 1. The van der Waals surface area contributed by atoms with Crippen LogP contribution in [0.15, 0.2) is 48.1 Å². The van der Waals surface area contributed by atoms with Crippen LogP contribution in [-0.4, -0.2) is 40.5 Å². The molecule has 1 atom stereocenters. The van der Waals surface area contributed by atoms with Crippen LogP contribution < -0.4 is 10.1 Å². The van der Waals surface area contributed by atoms with Gasteiger partial charge in [0.15, 0.2) is 23.1 Å². The first kappa shape index (κ1) is 19.4. The Balaban J connectivity index is 1.54. The molecule has 0 fully saturated rings. The Morgan fingerprint density at radius 3 is 2.68 bits per heavy atom. The first-order chi connectivity index (χ1) is 13.6. The van der Waals surface area contributed by atoms with E-state index in [0.717, 1.165) is 5.56 Å². The van der Waals surface area contributed by atoms with E-state index < -0.39 is 18.5 Å². The van der Waals surface area contributed by atoms with Gasteiger partial charge in [-0.15, -0.1) is 11.3 Å². The van der Waals surface area contributed by atoms with Crippen LogP contribution >= 0.6 is 11.3 Å². The summed E-state index contributed by atoms with van der Waals surface area (Å²) in [6.45, 7) is 1.41. The van der Waals surface area contributed by atoms with Crippen molar-refractivity contribution in [3.8, 4) is 16.6 Å². The van der Waals surface area contributed by atoms with E-state index in [4.69, 9.17) is 9.47 Å². The predicted octanol–water partition coefficient (Wildman–Crippen LogP) is 2.64. The quantitative estimate of drug-likeness (QED) is 0.610. The van der Waals surface area contributed by atoms with Gasteiger partial charge in [0.25, 0.3) is 5.91 Å². The van der Waals surface area contributed by atoms with Crippen molar-refractivity contribution in [1.82, 2.24) is 20.3 Å². The summed E-state index contributed by atoms with van der Waals surface area (Å²) < 4.78 is 10.3. The van der Waals surface area contributed by atoms with Crippen LogP contribution in [0, 0.1) is 0 Å². The Morgan fingerprint density at radius 1 is 1.18 bits per heavy atom. The van der Waals surface area contributed by atoms with Crippen LogP contribution in [0.2, 0.25) is 0 Å². The molecule has 1 unspecified atom stereocenters. The van der Waals surface area contributed by atoms with E-state index >= 15 is 0 Å². The average molecular weight is 398 g/mol. The molecular formula is C19H18N4O4S. The lowest BCUT2D eigenvalue weighted by molar-refractivity contribution is -0.124. The maximum Gasteiger partial charge on any atom is 0.358 e. The Labute approximate surface area is 165 Å². The fraction of sp³-hybridized carbons (Fsp3) is 0.211. The number of thiazole rings is 1. The van der Waals surface area contributed by atoms with E-state index in [1.807, 2.05) is 31.2 Å². The molecule has 1 N–H and O–H groups in total. The smallest absolute Gasteiger partial charge is 0.358 e. The molecule has 8 nitrogen and oxygen atoms in total. The largest absolute Gasteiger partial charge is 0.496 e. The van der Waals surface area contributed by atoms with Gasteiger partial charge in [0.2, 0.25) is 0 Å². The molecular weight excluding hydrogens is 380 g/mol. The summed E-state index contributed by atoms with van der Waals surface area (Å²) >= 11 is 1.23. The van der Waals surface area contributed by atoms with Crippen molar-refractivity contribution in [1.29, 1.82) is 0 Å². The molecule has 3 aromatic rings. The molecule has 1 amide bonds. The van der Waals surface area contributed by atoms with Gasteiger partial charge in [-0.1, -0.05) is 18.2 Å². The molecule has 0 radical (unpaired) electrons. The minimum absolute atomic E-state index is 0.109. The molecule has 144 valence electrons. The van der Waals surface area contributed by atoms with Crippen LogP contribution in [0.1, 0.15) is 29.0 Å². The van der Waals surface area contributed by atoms with E-state index in [9.17, 15) is 9.59 Å². The topological polar surface area (TPSA) is 103 Å². The number of amides is 1. The summed E-state index contributed by atoms with van der Waals surface area (Å²) in [7, 11) is 1.57. The summed E-state index contributed by atoms with van der Waals surface area (Å²) in [6.07, 6.45) is 3.18. The van der Waals surface area contributed by atoms with E-state index in [2.05, 4.69) is 20.3 Å². The summed E-state index contributed by atoms with van der Waals surface area (Å²) in [5.41, 5.74) is 0.940. The number of carbonyl (C=O) groups is 2. The Bertz CT molecular complexity index is 961. The van der Waals surface area contributed by atoms with Gasteiger partial charge in [0, 0.05) is 23.3 Å². The minimum atomic E-state index is -0.682. The minimum Gasteiger partial charge on any atom is -0.496 e. The number of carbonyl (C=O) groups excluding carboxylic acids is 2. The summed E-state index contributed by atoms with van der Waals surface area (Å²) in [5.74, 6) is -0.00696. The maximum atomic E-state index is 12.1. The SMILES string of the molecule is COc1ccccc1C(C)NC(=O)COC(=O)c1csc(-c2ncccn2)n1. The molecule has 3 rings (SSSR count). The van der Waals surface area contributed by atoms with E-state index in [-0.39, 0.29) is 11.7 Å². The number of methoxy groups -OCH3 is 1. The molecule has 0 aliphatic rings. The molecule has 0 bridgehead atoms. The van der Waals surface area contributed by atoms with Crippen molar-refractivity contribution >= 4 is 23.2 Å². The van der Waals surface area contributed by atoms with Crippen LogP contribution in [0.3, 0.4) is 0 Å². The highest BCUT2D eigenvalue weighted by atomic mass is 32.1. The number of rotatable bonds is 7. The maximum absolute atomic E-state index is 12.1. The third-order valence-corrected chi connectivity index (χ3v) is 4.63. The van der Waals surface area contributed by atoms with Gasteiger partial charge in [0.1, 0.15) is 5.75 Å². The highest BCUT2D eigenvalue weighted by Gasteiger charge is 2.18. The highest BCUT2D eigenvalue weighted by Crippen LogP contribution is 2.24. The number of aromatic nitrogens is 3. The van der Waals surface area contributed by atoms with Crippen molar-refractivity contribution in [2.24, 2.45) is 0 Å². The van der Waals surface area contributed by atoms with Gasteiger partial charge in [-0.25, -0.2) is 19.7 Å². The van der Waals surface area contributed by atoms with Gasteiger partial charge in [0.05, 0.1) is 13.2 Å². The van der Waals surface area contributed by atoms with Crippen LogP contribution in [-0.2, 0) is 9.53 Å². The highest BCUT2D eigenvalue weighted by molar-refractivity contribution is 7.13. The molecule has 2 heterocycles. The third kappa shape index (κ3) is 4.68. The van der Waals surface area contributed by atoms with Gasteiger partial charge in [-0.05, 0) is 19.1 Å². The van der Waals surface area contributed by atoms with Crippen LogP contribution in [0.5, 0.6) is 5.75 Å². The number of benzene rings is 1. The van der Waals surface area contributed by atoms with Crippen LogP contribution in [0.25, 0.3) is 10.8 Å². The summed E-state index contributed by atoms with van der Waals surface area (Å²) in [5, 5.41) is 4.82. The molecule has 0 aliphatic carbocycles. The van der Waals surface area contributed by atoms with E-state index in [0.29, 0.717) is 16.6 Å². The lowest BCUT2D eigenvalue weighted by Crippen LogP contribution is -2.31. The number of hydrogen-bond acceptors (Lipinski definition) is 8. The molecule has 0 saturated carbocycles. The molecule has 0 aliphatic heterocycles. The van der Waals surface area contributed by atoms with E-state index in [1.54, 1.807) is 30.9 Å². The number of ether oxygens (including phenoxy) is 2. The second-order valence-electron chi connectivity index (χ2n) is 5.72. The Kier molecular flexibility index (Phi) is 6.28. The monoisotopic (exact) mass is 398 g/mol. The fourth-order valence-electron chi connectivity index (χ4n) is 2.47.